The van der Waals surface area contributed by atoms with E-state index in [9.17, 15) is 4.39 Å². The minimum absolute atomic E-state index is 0.255. The maximum atomic E-state index is 13.2. The Bertz CT molecular complexity index is 1020. The molecule has 2 N–H and O–H groups in total. The third kappa shape index (κ3) is 2.97. The Kier molecular flexibility index (Phi) is 3.91. The van der Waals surface area contributed by atoms with Gasteiger partial charge in [0.1, 0.15) is 11.6 Å². The molecule has 0 atom stereocenters. The van der Waals surface area contributed by atoms with Gasteiger partial charge in [0.25, 0.3) is 0 Å². The fourth-order valence-corrected chi connectivity index (χ4v) is 2.80. The van der Waals surface area contributed by atoms with Gasteiger partial charge in [0, 0.05) is 36.1 Å². The number of nitrogens with two attached hydrogens (primary N) is 1. The molecule has 4 nitrogen and oxygen atoms in total. The summed E-state index contributed by atoms with van der Waals surface area (Å²) in [7, 11) is 0. The van der Waals surface area contributed by atoms with Gasteiger partial charge < -0.3 is 15.0 Å². The van der Waals surface area contributed by atoms with Crippen molar-refractivity contribution in [3.8, 4) is 17.3 Å². The molecule has 2 aromatic carbocycles. The average molecular weight is 333 g/mol. The molecule has 4 rings (SSSR count). The molecule has 0 aliphatic rings. The second-order valence-electron chi connectivity index (χ2n) is 5.66. The van der Waals surface area contributed by atoms with E-state index in [0.29, 0.717) is 18.2 Å². The number of fused-ring (bicyclic) bond motifs is 1. The molecular weight excluding hydrogens is 317 g/mol. The molecule has 25 heavy (non-hydrogen) atoms. The molecule has 124 valence electrons. The minimum Gasteiger partial charge on any atom is -0.438 e. The van der Waals surface area contributed by atoms with Gasteiger partial charge in [0.05, 0.1) is 5.52 Å². The molecule has 0 unspecified atom stereocenters. The predicted molar refractivity (Wildman–Crippen MR) is 95.4 cm³/mol. The van der Waals surface area contributed by atoms with E-state index < -0.39 is 0 Å². The Morgan fingerprint density at radius 2 is 1.88 bits per heavy atom. The van der Waals surface area contributed by atoms with Crippen LogP contribution in [-0.2, 0) is 6.54 Å². The molecule has 0 radical (unpaired) electrons. The smallest absolute Gasteiger partial charge is 0.219 e. The number of rotatable bonds is 4. The number of halogens is 1. The highest BCUT2D eigenvalue weighted by Gasteiger charge is 2.09. The van der Waals surface area contributed by atoms with Crippen LogP contribution in [-0.4, -0.2) is 9.55 Å². The largest absolute Gasteiger partial charge is 0.438 e. The highest BCUT2D eigenvalue weighted by atomic mass is 19.1. The van der Waals surface area contributed by atoms with Crippen LogP contribution in [0.25, 0.3) is 16.6 Å². The van der Waals surface area contributed by atoms with Crippen molar-refractivity contribution in [1.82, 2.24) is 9.55 Å². The summed E-state index contributed by atoms with van der Waals surface area (Å²) in [6.07, 6.45) is 3.62. The lowest BCUT2D eigenvalue weighted by molar-refractivity contribution is 0.467. The Morgan fingerprint density at radius 3 is 2.68 bits per heavy atom. The van der Waals surface area contributed by atoms with Crippen molar-refractivity contribution in [2.75, 3.05) is 0 Å². The molecule has 0 saturated carbocycles. The number of hydrogen-bond acceptors (Lipinski definition) is 3. The van der Waals surface area contributed by atoms with E-state index >= 15 is 0 Å². The molecule has 0 spiro atoms. The molecule has 0 aliphatic heterocycles. The van der Waals surface area contributed by atoms with E-state index in [-0.39, 0.29) is 5.82 Å². The van der Waals surface area contributed by atoms with Gasteiger partial charge in [0.2, 0.25) is 5.88 Å². The second kappa shape index (κ2) is 6.37. The van der Waals surface area contributed by atoms with Gasteiger partial charge in [-0.25, -0.2) is 9.37 Å². The maximum absolute atomic E-state index is 13.2. The third-order valence-electron chi connectivity index (χ3n) is 4.05. The molecule has 0 fully saturated rings. The highest BCUT2D eigenvalue weighted by molar-refractivity contribution is 5.88. The van der Waals surface area contributed by atoms with Crippen LogP contribution in [0.1, 0.15) is 5.56 Å². The topological polar surface area (TPSA) is 53.1 Å². The lowest BCUT2D eigenvalue weighted by Crippen LogP contribution is -1.97. The quantitative estimate of drug-likeness (QED) is 0.601. The number of benzene rings is 2. The van der Waals surface area contributed by atoms with Crippen LogP contribution in [0.5, 0.6) is 11.6 Å². The van der Waals surface area contributed by atoms with Gasteiger partial charge in [-0.1, -0.05) is 6.07 Å². The third-order valence-corrected chi connectivity index (χ3v) is 4.05. The van der Waals surface area contributed by atoms with Gasteiger partial charge >= 0.3 is 0 Å². The van der Waals surface area contributed by atoms with E-state index in [2.05, 4.69) is 4.98 Å². The van der Waals surface area contributed by atoms with Crippen molar-refractivity contribution >= 4 is 10.9 Å². The zero-order valence-corrected chi connectivity index (χ0v) is 13.4. The van der Waals surface area contributed by atoms with Crippen LogP contribution in [0, 0.1) is 5.82 Å². The van der Waals surface area contributed by atoms with Crippen LogP contribution in [0.4, 0.5) is 4.39 Å². The Labute approximate surface area is 144 Å². The molecule has 0 bridgehead atoms. The first-order valence-electron chi connectivity index (χ1n) is 7.93. The molecule has 2 heterocycles. The predicted octanol–water partition coefficient (Wildman–Crippen LogP) is 4.42. The van der Waals surface area contributed by atoms with E-state index in [4.69, 9.17) is 10.5 Å². The monoisotopic (exact) mass is 333 g/mol. The molecule has 5 heteroatoms. The van der Waals surface area contributed by atoms with Gasteiger partial charge in [-0.15, -0.1) is 0 Å². The van der Waals surface area contributed by atoms with Crippen LogP contribution in [0.15, 0.2) is 73.1 Å². The van der Waals surface area contributed by atoms with Crippen molar-refractivity contribution in [1.29, 1.82) is 0 Å². The minimum atomic E-state index is -0.255. The normalized spacial score (nSPS) is 11.0. The Hall–Kier alpha value is -3.18. The first kappa shape index (κ1) is 15.4. The van der Waals surface area contributed by atoms with Gasteiger partial charge in [0.15, 0.2) is 0 Å². The van der Waals surface area contributed by atoms with Crippen molar-refractivity contribution in [2.24, 2.45) is 5.73 Å². The number of pyridine rings is 1. The van der Waals surface area contributed by atoms with Gasteiger partial charge in [-0.2, -0.15) is 0 Å². The van der Waals surface area contributed by atoms with Crippen molar-refractivity contribution in [2.45, 2.75) is 6.54 Å². The van der Waals surface area contributed by atoms with E-state index in [1.165, 1.54) is 12.1 Å². The summed E-state index contributed by atoms with van der Waals surface area (Å²) < 4.78 is 21.1. The summed E-state index contributed by atoms with van der Waals surface area (Å²) in [6, 6.07) is 17.9. The van der Waals surface area contributed by atoms with Crippen LogP contribution < -0.4 is 10.5 Å². The molecule has 0 amide bonds. The Balaban J connectivity index is 1.75. The van der Waals surface area contributed by atoms with E-state index in [1.807, 2.05) is 47.2 Å². The SMILES string of the molecule is NCc1ccnc(Oc2cccc3c2ccn3-c2ccc(F)cc2)c1. The first-order chi connectivity index (χ1) is 12.2. The number of hydrogen-bond donors (Lipinski definition) is 1. The summed E-state index contributed by atoms with van der Waals surface area (Å²) in [6.45, 7) is 0.435. The number of nitrogens with zero attached hydrogens (tertiary/aromatic N) is 2. The molecule has 2 aromatic heterocycles. The highest BCUT2D eigenvalue weighted by Crippen LogP contribution is 2.31. The Morgan fingerprint density at radius 1 is 1.04 bits per heavy atom. The molecular formula is C20H16FN3O. The van der Waals surface area contributed by atoms with Crippen molar-refractivity contribution in [3.63, 3.8) is 0 Å². The second-order valence-corrected chi connectivity index (χ2v) is 5.66. The fourth-order valence-electron chi connectivity index (χ4n) is 2.80. The zero-order valence-electron chi connectivity index (χ0n) is 13.4. The van der Waals surface area contributed by atoms with Crippen LogP contribution in [0.2, 0.25) is 0 Å². The van der Waals surface area contributed by atoms with Crippen LogP contribution >= 0.6 is 0 Å². The number of ether oxygens (including phenoxy) is 1. The standard InChI is InChI=1S/C20H16FN3O/c21-15-4-6-16(7-5-15)24-11-9-17-18(24)2-1-3-19(17)25-20-12-14(13-22)8-10-23-20/h1-12H,13,22H2. The molecule has 0 saturated heterocycles. The average Bonchev–Trinajstić information content (AvgIpc) is 3.08. The summed E-state index contributed by atoms with van der Waals surface area (Å²) >= 11 is 0. The van der Waals surface area contributed by atoms with Crippen molar-refractivity contribution < 1.29 is 9.13 Å². The number of aromatic nitrogens is 2. The van der Waals surface area contributed by atoms with Gasteiger partial charge in [-0.05, 0) is 54.1 Å². The fraction of sp³-hybridized carbons (Fsp3) is 0.0500. The lowest BCUT2D eigenvalue weighted by Gasteiger charge is -2.09. The van der Waals surface area contributed by atoms with Crippen molar-refractivity contribution in [3.05, 3.63) is 84.4 Å². The summed E-state index contributed by atoms with van der Waals surface area (Å²) in [4.78, 5) is 4.24. The zero-order chi connectivity index (χ0) is 17.2. The van der Waals surface area contributed by atoms with E-state index in [1.54, 1.807) is 18.3 Å². The maximum Gasteiger partial charge on any atom is 0.219 e. The molecule has 0 aliphatic carbocycles. The molecule has 4 aromatic rings. The van der Waals surface area contributed by atoms with E-state index in [0.717, 1.165) is 22.2 Å². The lowest BCUT2D eigenvalue weighted by atomic mass is 10.2. The summed E-state index contributed by atoms with van der Waals surface area (Å²) in [5.74, 6) is 0.958. The summed E-state index contributed by atoms with van der Waals surface area (Å²) in [5.41, 5.74) is 8.48. The van der Waals surface area contributed by atoms with Gasteiger partial charge in [-0.3, -0.25) is 0 Å². The first-order valence-corrected chi connectivity index (χ1v) is 7.93. The van der Waals surface area contributed by atoms with Crippen LogP contribution in [0.3, 0.4) is 0 Å². The summed E-state index contributed by atoms with van der Waals surface area (Å²) in [5, 5.41) is 0.951.